The van der Waals surface area contributed by atoms with E-state index in [1.165, 1.54) is 11.3 Å². The lowest BCUT2D eigenvalue weighted by Crippen LogP contribution is -2.28. The lowest BCUT2D eigenvalue weighted by Gasteiger charge is -2.19. The molecule has 80 valence electrons. The van der Waals surface area contributed by atoms with E-state index in [1.807, 2.05) is 6.92 Å². The van der Waals surface area contributed by atoms with E-state index in [4.69, 9.17) is 22.4 Å². The van der Waals surface area contributed by atoms with Crippen LogP contribution < -0.4 is 5.73 Å². The van der Waals surface area contributed by atoms with Crippen molar-refractivity contribution in [2.24, 2.45) is 5.73 Å². The maximum Gasteiger partial charge on any atom is 0.113 e. The van der Waals surface area contributed by atoms with Crippen LogP contribution in [0.1, 0.15) is 30.7 Å². The summed E-state index contributed by atoms with van der Waals surface area (Å²) in [5, 5.41) is 9.87. The van der Waals surface area contributed by atoms with Gasteiger partial charge in [-0.15, -0.1) is 11.3 Å². The largest absolute Gasteiger partial charge is 0.396 e. The number of halogens is 1. The molecule has 0 aliphatic heterocycles. The topological polar surface area (TPSA) is 59.1 Å². The normalized spacial score (nSPS) is 15.4. The first-order valence-corrected chi connectivity index (χ1v) is 5.86. The van der Waals surface area contributed by atoms with Gasteiger partial charge in [0, 0.05) is 18.6 Å². The van der Waals surface area contributed by atoms with Crippen molar-refractivity contribution in [2.45, 2.75) is 31.7 Å². The van der Waals surface area contributed by atoms with E-state index in [2.05, 4.69) is 4.98 Å². The van der Waals surface area contributed by atoms with Crippen LogP contribution in [0.5, 0.6) is 0 Å². The van der Waals surface area contributed by atoms with Crippen LogP contribution in [-0.4, -0.2) is 22.7 Å². The van der Waals surface area contributed by atoms with E-state index in [-0.39, 0.29) is 18.6 Å². The van der Waals surface area contributed by atoms with Crippen LogP contribution in [0, 0.1) is 0 Å². The van der Waals surface area contributed by atoms with Crippen molar-refractivity contribution >= 4 is 22.9 Å². The molecule has 14 heavy (non-hydrogen) atoms. The Hall–Kier alpha value is -0.160. The van der Waals surface area contributed by atoms with Gasteiger partial charge in [0.15, 0.2) is 0 Å². The number of nitrogens with zero attached hydrogens (tertiary/aromatic N) is 1. The predicted molar refractivity (Wildman–Crippen MR) is 59.8 cm³/mol. The zero-order valence-electron chi connectivity index (χ0n) is 8.11. The summed E-state index contributed by atoms with van der Waals surface area (Å²) in [6.45, 7) is 2.17. The first kappa shape index (κ1) is 11.9. The lowest BCUT2D eigenvalue weighted by atomic mass is 9.96. The average Bonchev–Trinajstić information content (AvgIpc) is 2.60. The van der Waals surface area contributed by atoms with Gasteiger partial charge in [-0.3, -0.25) is 0 Å². The molecular formula is C9H15ClN2OS. The molecule has 1 aromatic heterocycles. The van der Waals surface area contributed by atoms with Crippen molar-refractivity contribution < 1.29 is 5.11 Å². The van der Waals surface area contributed by atoms with E-state index in [1.54, 1.807) is 6.20 Å². The van der Waals surface area contributed by atoms with Crippen molar-refractivity contribution in [2.75, 3.05) is 6.61 Å². The average molecular weight is 235 g/mol. The zero-order valence-corrected chi connectivity index (χ0v) is 9.68. The van der Waals surface area contributed by atoms with Gasteiger partial charge in [-0.05, 0) is 12.8 Å². The number of hydrogen-bond acceptors (Lipinski definition) is 4. The number of rotatable bonds is 5. The first-order valence-electron chi connectivity index (χ1n) is 4.66. The van der Waals surface area contributed by atoms with Crippen LogP contribution in [0.3, 0.4) is 0 Å². The quantitative estimate of drug-likeness (QED) is 0.819. The van der Waals surface area contributed by atoms with Crippen molar-refractivity contribution in [1.29, 1.82) is 0 Å². The molecule has 1 heterocycles. The number of thiazole rings is 1. The standard InChI is InChI=1S/C9H15ClN2OS/c1-2-7(11)6(3-4-13)9-12-5-8(10)14-9/h5-7,13H,2-4,11H2,1H3. The molecule has 2 atom stereocenters. The summed E-state index contributed by atoms with van der Waals surface area (Å²) in [5.74, 6) is 0.127. The van der Waals surface area contributed by atoms with E-state index < -0.39 is 0 Å². The van der Waals surface area contributed by atoms with Crippen LogP contribution in [0.15, 0.2) is 6.20 Å². The Kier molecular flexibility index (Phi) is 4.81. The summed E-state index contributed by atoms with van der Waals surface area (Å²) < 4.78 is 0.672. The molecule has 0 saturated heterocycles. The maximum absolute atomic E-state index is 8.94. The summed E-state index contributed by atoms with van der Waals surface area (Å²) in [6, 6.07) is 0.0457. The van der Waals surface area contributed by atoms with Gasteiger partial charge in [-0.25, -0.2) is 4.98 Å². The Morgan fingerprint density at radius 2 is 2.43 bits per heavy atom. The molecule has 0 aliphatic carbocycles. The van der Waals surface area contributed by atoms with Crippen LogP contribution in [-0.2, 0) is 0 Å². The molecule has 0 radical (unpaired) electrons. The van der Waals surface area contributed by atoms with Gasteiger partial charge in [0.05, 0.1) is 11.2 Å². The second kappa shape index (κ2) is 5.66. The van der Waals surface area contributed by atoms with Crippen molar-refractivity contribution in [3.63, 3.8) is 0 Å². The lowest BCUT2D eigenvalue weighted by molar-refractivity contribution is 0.266. The maximum atomic E-state index is 8.94. The fraction of sp³-hybridized carbons (Fsp3) is 0.667. The fourth-order valence-electron chi connectivity index (χ4n) is 1.38. The summed E-state index contributed by atoms with van der Waals surface area (Å²) in [6.07, 6.45) is 3.16. The molecule has 3 N–H and O–H groups in total. The fourth-order valence-corrected chi connectivity index (χ4v) is 2.52. The van der Waals surface area contributed by atoms with Crippen molar-refractivity contribution in [3.05, 3.63) is 15.5 Å². The molecule has 5 heteroatoms. The smallest absolute Gasteiger partial charge is 0.113 e. The first-order chi connectivity index (χ1) is 6.69. The number of aromatic nitrogens is 1. The second-order valence-corrected chi connectivity index (χ2v) is 4.89. The minimum atomic E-state index is 0.0457. The molecule has 0 amide bonds. The molecule has 0 spiro atoms. The Morgan fingerprint density at radius 3 is 2.86 bits per heavy atom. The molecule has 0 aliphatic rings. The van der Waals surface area contributed by atoms with Gasteiger partial charge in [-0.1, -0.05) is 18.5 Å². The Labute approximate surface area is 92.9 Å². The molecule has 0 saturated carbocycles. The van der Waals surface area contributed by atoms with Crippen LogP contribution in [0.25, 0.3) is 0 Å². The number of hydrogen-bond donors (Lipinski definition) is 2. The van der Waals surface area contributed by atoms with Gasteiger partial charge in [-0.2, -0.15) is 0 Å². The van der Waals surface area contributed by atoms with E-state index in [9.17, 15) is 0 Å². The van der Waals surface area contributed by atoms with E-state index in [0.717, 1.165) is 11.4 Å². The second-order valence-electron chi connectivity index (χ2n) is 3.19. The minimum Gasteiger partial charge on any atom is -0.396 e. The van der Waals surface area contributed by atoms with Gasteiger partial charge in [0.2, 0.25) is 0 Å². The zero-order chi connectivity index (χ0) is 10.6. The third kappa shape index (κ3) is 2.92. The highest BCUT2D eigenvalue weighted by atomic mass is 35.5. The monoisotopic (exact) mass is 234 g/mol. The van der Waals surface area contributed by atoms with Gasteiger partial charge in [0.1, 0.15) is 4.34 Å². The van der Waals surface area contributed by atoms with Gasteiger partial charge in [0.25, 0.3) is 0 Å². The Morgan fingerprint density at radius 1 is 1.71 bits per heavy atom. The van der Waals surface area contributed by atoms with Crippen LogP contribution >= 0.6 is 22.9 Å². The summed E-state index contributed by atoms with van der Waals surface area (Å²) in [7, 11) is 0. The third-order valence-electron chi connectivity index (χ3n) is 2.24. The van der Waals surface area contributed by atoms with E-state index in [0.29, 0.717) is 10.8 Å². The molecule has 0 bridgehead atoms. The molecule has 1 rings (SSSR count). The summed E-state index contributed by atoms with van der Waals surface area (Å²) in [5.41, 5.74) is 5.96. The van der Waals surface area contributed by atoms with Crippen molar-refractivity contribution in [3.8, 4) is 0 Å². The molecule has 1 aromatic rings. The molecule has 3 nitrogen and oxygen atoms in total. The molecular weight excluding hydrogens is 220 g/mol. The Balaban J connectivity index is 2.76. The predicted octanol–water partition coefficient (Wildman–Crippen LogP) is 2.00. The van der Waals surface area contributed by atoms with Crippen LogP contribution in [0.4, 0.5) is 0 Å². The van der Waals surface area contributed by atoms with Gasteiger partial charge >= 0.3 is 0 Å². The van der Waals surface area contributed by atoms with Gasteiger partial charge < -0.3 is 10.8 Å². The third-order valence-corrected chi connectivity index (χ3v) is 3.49. The highest BCUT2D eigenvalue weighted by Gasteiger charge is 2.20. The highest BCUT2D eigenvalue weighted by molar-refractivity contribution is 7.15. The van der Waals surface area contributed by atoms with Crippen molar-refractivity contribution in [1.82, 2.24) is 4.98 Å². The number of aliphatic hydroxyl groups excluding tert-OH is 1. The SMILES string of the molecule is CCC(N)C(CCO)c1ncc(Cl)s1. The molecule has 0 aromatic carbocycles. The van der Waals surface area contributed by atoms with Crippen LogP contribution in [0.2, 0.25) is 4.34 Å². The Bertz CT molecular complexity index is 280. The number of aliphatic hydroxyl groups is 1. The number of nitrogens with two attached hydrogens (primary N) is 1. The van der Waals surface area contributed by atoms with E-state index >= 15 is 0 Å². The molecule has 2 unspecified atom stereocenters. The highest BCUT2D eigenvalue weighted by Crippen LogP contribution is 2.29. The summed E-state index contributed by atoms with van der Waals surface area (Å²) in [4.78, 5) is 4.20. The molecule has 0 fully saturated rings. The minimum absolute atomic E-state index is 0.0457. The summed E-state index contributed by atoms with van der Waals surface area (Å²) >= 11 is 7.25.